The molecule has 0 aliphatic heterocycles. The number of nitrogens with one attached hydrogen (secondary N) is 1. The largest absolute Gasteiger partial charge is 0.480 e. The number of esters is 1. The third kappa shape index (κ3) is 41.4. The normalized spacial score (nSPS) is 14.5. The maximum Gasteiger partial charge on any atom is 0.472 e. The van der Waals surface area contributed by atoms with Crippen molar-refractivity contribution in [2.24, 2.45) is 0 Å². The van der Waals surface area contributed by atoms with Crippen molar-refractivity contribution >= 4 is 25.7 Å². The number of unbranched alkanes of at least 4 members (excludes halogenated alkanes) is 13. The molecule has 0 aromatic heterocycles. The van der Waals surface area contributed by atoms with Crippen LogP contribution in [-0.4, -0.2) is 64.9 Å². The van der Waals surface area contributed by atoms with Crippen LogP contribution in [0.5, 0.6) is 0 Å². The van der Waals surface area contributed by atoms with Crippen molar-refractivity contribution < 1.29 is 47.8 Å². The van der Waals surface area contributed by atoms with E-state index in [4.69, 9.17) is 13.8 Å². The zero-order valence-corrected chi connectivity index (χ0v) is 37.9. The first-order chi connectivity index (χ1) is 29.1. The van der Waals surface area contributed by atoms with Crippen molar-refractivity contribution in [3.63, 3.8) is 0 Å². The predicted molar refractivity (Wildman–Crippen MR) is 244 cm³/mol. The van der Waals surface area contributed by atoms with E-state index < -0.39 is 57.6 Å². The van der Waals surface area contributed by atoms with Gasteiger partial charge in [-0.3, -0.25) is 18.6 Å². The Morgan fingerprint density at radius 3 is 1.40 bits per heavy atom. The first-order valence-corrected chi connectivity index (χ1v) is 24.1. The maximum atomic E-state index is 12.3. The van der Waals surface area contributed by atoms with E-state index in [2.05, 4.69) is 92.1 Å². The van der Waals surface area contributed by atoms with Crippen LogP contribution in [0.4, 0.5) is 0 Å². The molecule has 0 bridgehead atoms. The minimum Gasteiger partial charge on any atom is -0.480 e. The Labute approximate surface area is 362 Å². The van der Waals surface area contributed by atoms with E-state index in [0.29, 0.717) is 19.3 Å². The number of hydrogen-bond acceptors (Lipinski definition) is 8. The SMILES string of the molecule is CCCCC/C=C\C/C=C\C/C=C\C/C=C\CCCC(=O)OCC(O)COP(=O)(O)OCC(NC(=O)CCCCCCCC/C=C\C/C=C\C/C=C\CCCCC)C(=O)O. The number of carboxylic acid groups (broad SMARTS) is 1. The van der Waals surface area contributed by atoms with Crippen molar-refractivity contribution in [1.29, 1.82) is 0 Å². The van der Waals surface area contributed by atoms with Crippen molar-refractivity contribution in [1.82, 2.24) is 5.32 Å². The van der Waals surface area contributed by atoms with Gasteiger partial charge >= 0.3 is 19.8 Å². The second-order valence-corrected chi connectivity index (χ2v) is 16.3. The topological polar surface area (TPSA) is 169 Å². The lowest BCUT2D eigenvalue weighted by atomic mass is 10.1. The first kappa shape index (κ1) is 56.7. The summed E-state index contributed by atoms with van der Waals surface area (Å²) in [7, 11) is -4.78. The summed E-state index contributed by atoms with van der Waals surface area (Å²) in [4.78, 5) is 45.9. The molecule has 3 atom stereocenters. The minimum absolute atomic E-state index is 0.122. The van der Waals surface area contributed by atoms with Gasteiger partial charge in [0.2, 0.25) is 5.91 Å². The average Bonchev–Trinajstić information content (AvgIpc) is 3.22. The van der Waals surface area contributed by atoms with Crippen molar-refractivity contribution in [3.05, 3.63) is 85.1 Å². The fourth-order valence-corrected chi connectivity index (χ4v) is 6.38. The van der Waals surface area contributed by atoms with Gasteiger partial charge in [0.1, 0.15) is 12.7 Å². The summed E-state index contributed by atoms with van der Waals surface area (Å²) in [5.41, 5.74) is 0. The monoisotopic (exact) mass is 862 g/mol. The third-order valence-corrected chi connectivity index (χ3v) is 10.1. The number of aliphatic hydroxyl groups is 1. The van der Waals surface area contributed by atoms with Gasteiger partial charge in [-0.1, -0.05) is 150 Å². The summed E-state index contributed by atoms with van der Waals surface area (Å²) in [5, 5.41) is 21.8. The van der Waals surface area contributed by atoms with E-state index in [-0.39, 0.29) is 12.8 Å². The molecule has 0 heterocycles. The molecule has 0 aliphatic rings. The van der Waals surface area contributed by atoms with Crippen LogP contribution in [0.15, 0.2) is 85.1 Å². The number of carbonyl (C=O) groups excluding carboxylic acids is 2. The number of phosphoric acid groups is 1. The molecular weight excluding hydrogens is 781 g/mol. The van der Waals surface area contributed by atoms with Crippen LogP contribution >= 0.6 is 7.82 Å². The van der Waals surface area contributed by atoms with Gasteiger partial charge < -0.3 is 25.2 Å². The standard InChI is InChI=1S/C48H80NO10P/c1-3-5-7-9-11-13-15-17-19-21-22-24-25-27-29-31-33-35-37-39-46(51)49-45(48(53)54)43-59-60(55,56)58-42-44(50)41-57-47(52)40-38-36-34-32-30-28-26-23-20-18-16-14-12-10-8-6-4-2/h11-14,17-20,22,24,26,28,32,34,44-45,50H,3-10,15-16,21,23,25,27,29-31,33,35-43H2,1-2H3,(H,49,51)(H,53,54)(H,55,56)/b13-11-,14-12-,19-17-,20-18-,24-22-,28-26-,34-32-. The molecule has 1 amide bonds. The molecule has 4 N–H and O–H groups in total. The van der Waals surface area contributed by atoms with E-state index in [1.807, 2.05) is 12.2 Å². The van der Waals surface area contributed by atoms with E-state index in [1.165, 1.54) is 44.9 Å². The number of aliphatic carboxylic acids is 1. The molecule has 0 aliphatic carbocycles. The summed E-state index contributed by atoms with van der Waals surface area (Å²) in [6.07, 6.45) is 51.8. The highest BCUT2D eigenvalue weighted by molar-refractivity contribution is 7.47. The second-order valence-electron chi connectivity index (χ2n) is 14.9. The molecule has 12 heteroatoms. The summed E-state index contributed by atoms with van der Waals surface area (Å²) >= 11 is 0. The van der Waals surface area contributed by atoms with Crippen LogP contribution in [0.2, 0.25) is 0 Å². The van der Waals surface area contributed by atoms with Gasteiger partial charge in [0.15, 0.2) is 6.04 Å². The highest BCUT2D eigenvalue weighted by atomic mass is 31.2. The third-order valence-electron chi connectivity index (χ3n) is 9.16. The smallest absolute Gasteiger partial charge is 0.472 e. The van der Waals surface area contributed by atoms with Crippen LogP contribution in [-0.2, 0) is 32.7 Å². The number of carbonyl (C=O) groups is 3. The molecular formula is C48H80NO10P. The molecule has 0 saturated heterocycles. The van der Waals surface area contributed by atoms with E-state index in [0.717, 1.165) is 77.0 Å². The predicted octanol–water partition coefficient (Wildman–Crippen LogP) is 11.9. The molecule has 11 nitrogen and oxygen atoms in total. The number of ether oxygens (including phenoxy) is 1. The Morgan fingerprint density at radius 1 is 0.533 bits per heavy atom. The zero-order chi connectivity index (χ0) is 44.2. The zero-order valence-electron chi connectivity index (χ0n) is 37.0. The molecule has 0 rings (SSSR count). The van der Waals surface area contributed by atoms with Crippen LogP contribution in [0.3, 0.4) is 0 Å². The van der Waals surface area contributed by atoms with Crippen LogP contribution in [0, 0.1) is 0 Å². The number of allylic oxidation sites excluding steroid dienone is 14. The number of rotatable bonds is 41. The van der Waals surface area contributed by atoms with Crippen molar-refractivity contribution in [2.75, 3.05) is 19.8 Å². The molecule has 0 aromatic rings. The number of carboxylic acids is 1. The van der Waals surface area contributed by atoms with Crippen molar-refractivity contribution in [2.45, 2.75) is 180 Å². The second kappa shape index (κ2) is 42.4. The van der Waals surface area contributed by atoms with Gasteiger partial charge in [-0.05, 0) is 89.9 Å². The highest BCUT2D eigenvalue weighted by Crippen LogP contribution is 2.43. The van der Waals surface area contributed by atoms with Gasteiger partial charge in [0.25, 0.3) is 0 Å². The fourth-order valence-electron chi connectivity index (χ4n) is 5.61. The highest BCUT2D eigenvalue weighted by Gasteiger charge is 2.28. The molecule has 0 spiro atoms. The van der Waals surface area contributed by atoms with Gasteiger partial charge in [-0.15, -0.1) is 0 Å². The Hall–Kier alpha value is -3.34. The summed E-state index contributed by atoms with van der Waals surface area (Å²) < 4.78 is 26.8. The van der Waals surface area contributed by atoms with E-state index in [9.17, 15) is 34.1 Å². The Bertz CT molecular complexity index is 1340. The quantitative estimate of drug-likeness (QED) is 0.0201. The molecule has 0 radical (unpaired) electrons. The number of aliphatic hydroxyl groups excluding tert-OH is 1. The molecule has 342 valence electrons. The lowest BCUT2D eigenvalue weighted by Crippen LogP contribution is -2.43. The Kier molecular flexibility index (Phi) is 40.0. The molecule has 0 fully saturated rings. The molecule has 60 heavy (non-hydrogen) atoms. The Morgan fingerprint density at radius 2 is 0.933 bits per heavy atom. The van der Waals surface area contributed by atoms with Crippen LogP contribution in [0.1, 0.15) is 168 Å². The van der Waals surface area contributed by atoms with Crippen molar-refractivity contribution in [3.8, 4) is 0 Å². The van der Waals surface area contributed by atoms with E-state index in [1.54, 1.807) is 0 Å². The van der Waals surface area contributed by atoms with Crippen LogP contribution in [0.25, 0.3) is 0 Å². The summed E-state index contributed by atoms with van der Waals surface area (Å²) in [5.74, 6) is -2.46. The lowest BCUT2D eigenvalue weighted by Gasteiger charge is -2.18. The summed E-state index contributed by atoms with van der Waals surface area (Å²) in [6, 6.07) is -1.57. The molecule has 0 saturated carbocycles. The fraction of sp³-hybridized carbons (Fsp3) is 0.646. The number of phosphoric ester groups is 1. The van der Waals surface area contributed by atoms with Gasteiger partial charge in [0, 0.05) is 12.8 Å². The molecule has 0 aromatic carbocycles. The van der Waals surface area contributed by atoms with Crippen LogP contribution < -0.4 is 5.32 Å². The van der Waals surface area contributed by atoms with E-state index >= 15 is 0 Å². The Balaban J connectivity index is 4.01. The average molecular weight is 862 g/mol. The molecule has 3 unspecified atom stereocenters. The van der Waals surface area contributed by atoms with Gasteiger partial charge in [-0.2, -0.15) is 0 Å². The summed E-state index contributed by atoms with van der Waals surface area (Å²) in [6.45, 7) is 2.46. The van der Waals surface area contributed by atoms with Gasteiger partial charge in [0.05, 0.1) is 13.2 Å². The number of hydrogen-bond donors (Lipinski definition) is 4. The lowest BCUT2D eigenvalue weighted by molar-refractivity contribution is -0.147. The maximum absolute atomic E-state index is 12.3. The minimum atomic E-state index is -4.78. The van der Waals surface area contributed by atoms with Gasteiger partial charge in [-0.25, -0.2) is 9.36 Å². The number of amides is 1. The first-order valence-electron chi connectivity index (χ1n) is 22.6.